The summed E-state index contributed by atoms with van der Waals surface area (Å²) in [5.74, 6) is -0.804. The lowest BCUT2D eigenvalue weighted by atomic mass is 10.1. The maximum atomic E-state index is 11.7. The fourth-order valence-corrected chi connectivity index (χ4v) is 1.54. The molecule has 0 bridgehead atoms. The maximum Gasteiger partial charge on any atom is 0.289 e. The van der Waals surface area contributed by atoms with E-state index in [1.165, 1.54) is 18.6 Å². The van der Waals surface area contributed by atoms with Gasteiger partial charge >= 0.3 is 0 Å². The summed E-state index contributed by atoms with van der Waals surface area (Å²) in [4.78, 5) is 30.9. The molecule has 0 saturated heterocycles. The molecule has 102 valence electrons. The number of hydrogen-bond acceptors (Lipinski definition) is 4. The van der Waals surface area contributed by atoms with E-state index in [1.54, 1.807) is 0 Å². The van der Waals surface area contributed by atoms with Crippen molar-refractivity contribution in [2.75, 3.05) is 0 Å². The number of carbonyl (C=O) groups is 2. The average molecular weight is 270 g/mol. The van der Waals surface area contributed by atoms with Crippen LogP contribution in [-0.2, 0) is 11.2 Å². The molecule has 6 nitrogen and oxygen atoms in total. The highest BCUT2D eigenvalue weighted by molar-refractivity contribution is 5.93. The third-order valence-electron chi connectivity index (χ3n) is 2.60. The first-order valence-electron chi connectivity index (χ1n) is 6.06. The largest absolute Gasteiger partial charge is 0.289 e. The fraction of sp³-hybridized carbons (Fsp3) is 0.143. The van der Waals surface area contributed by atoms with Gasteiger partial charge in [0.25, 0.3) is 5.91 Å². The number of carbonyl (C=O) groups excluding carboxylic acids is 2. The summed E-state index contributed by atoms with van der Waals surface area (Å²) in [7, 11) is 0. The molecule has 2 aromatic rings. The topological polar surface area (TPSA) is 84.0 Å². The molecule has 0 atom stereocenters. The maximum absolute atomic E-state index is 11.7. The van der Waals surface area contributed by atoms with E-state index in [-0.39, 0.29) is 18.0 Å². The van der Waals surface area contributed by atoms with Crippen LogP contribution in [0.15, 0.2) is 42.9 Å². The molecule has 0 spiro atoms. The van der Waals surface area contributed by atoms with Crippen molar-refractivity contribution < 1.29 is 9.59 Å². The second kappa shape index (κ2) is 6.42. The van der Waals surface area contributed by atoms with Crippen LogP contribution in [-0.4, -0.2) is 21.8 Å². The van der Waals surface area contributed by atoms with Crippen LogP contribution in [0.2, 0.25) is 0 Å². The monoisotopic (exact) mass is 270 g/mol. The minimum atomic E-state index is -0.504. The molecule has 1 aromatic heterocycles. The minimum absolute atomic E-state index is 0.142. The summed E-state index contributed by atoms with van der Waals surface area (Å²) in [6, 6.07) is 7.61. The molecule has 2 N–H and O–H groups in total. The van der Waals surface area contributed by atoms with E-state index in [0.29, 0.717) is 0 Å². The van der Waals surface area contributed by atoms with Gasteiger partial charge in [-0.05, 0) is 12.5 Å². The van der Waals surface area contributed by atoms with Crippen molar-refractivity contribution in [2.45, 2.75) is 13.3 Å². The van der Waals surface area contributed by atoms with Crippen LogP contribution in [0.1, 0.15) is 21.6 Å². The van der Waals surface area contributed by atoms with Gasteiger partial charge < -0.3 is 0 Å². The average Bonchev–Trinajstić information content (AvgIpc) is 2.48. The number of hydrazine groups is 1. The summed E-state index contributed by atoms with van der Waals surface area (Å²) < 4.78 is 0. The Hall–Kier alpha value is -2.76. The Morgan fingerprint density at radius 2 is 1.85 bits per heavy atom. The lowest BCUT2D eigenvalue weighted by molar-refractivity contribution is -0.121. The SMILES string of the molecule is Cc1ccc(CC(=O)NNC(=O)c2cnccn2)cc1. The zero-order valence-electron chi connectivity index (χ0n) is 11.0. The van der Waals surface area contributed by atoms with Gasteiger partial charge in [-0.3, -0.25) is 25.4 Å². The number of nitrogens with zero attached hydrogens (tertiary/aromatic N) is 2. The van der Waals surface area contributed by atoms with Crippen LogP contribution >= 0.6 is 0 Å². The zero-order chi connectivity index (χ0) is 14.4. The van der Waals surface area contributed by atoms with Gasteiger partial charge in [0.2, 0.25) is 5.91 Å². The predicted molar refractivity (Wildman–Crippen MR) is 72.5 cm³/mol. The van der Waals surface area contributed by atoms with Crippen LogP contribution < -0.4 is 10.9 Å². The van der Waals surface area contributed by atoms with E-state index in [9.17, 15) is 9.59 Å². The third kappa shape index (κ3) is 3.88. The Labute approximate surface area is 116 Å². The number of rotatable bonds is 3. The normalized spacial score (nSPS) is 9.85. The molecular formula is C14H14N4O2. The molecule has 6 heteroatoms. The predicted octanol–water partition coefficient (Wildman–Crippen LogP) is 0.789. The highest BCUT2D eigenvalue weighted by atomic mass is 16.2. The summed E-state index contributed by atoms with van der Waals surface area (Å²) in [6.07, 6.45) is 4.39. The third-order valence-corrected chi connectivity index (χ3v) is 2.60. The van der Waals surface area contributed by atoms with Gasteiger partial charge in [0, 0.05) is 12.4 Å². The molecule has 0 radical (unpaired) electrons. The van der Waals surface area contributed by atoms with Gasteiger partial charge in [-0.15, -0.1) is 0 Å². The molecule has 0 aliphatic rings. The molecule has 0 aliphatic carbocycles. The number of aromatic nitrogens is 2. The summed E-state index contributed by atoms with van der Waals surface area (Å²) in [5, 5.41) is 0. The van der Waals surface area contributed by atoms with E-state index >= 15 is 0 Å². The smallest absolute Gasteiger partial charge is 0.273 e. The Balaban J connectivity index is 1.83. The number of amides is 2. The van der Waals surface area contributed by atoms with E-state index in [2.05, 4.69) is 20.8 Å². The van der Waals surface area contributed by atoms with Crippen LogP contribution in [0.4, 0.5) is 0 Å². The van der Waals surface area contributed by atoms with Crippen molar-refractivity contribution in [2.24, 2.45) is 0 Å². The fourth-order valence-electron chi connectivity index (χ4n) is 1.54. The van der Waals surface area contributed by atoms with E-state index in [4.69, 9.17) is 0 Å². The molecule has 1 aromatic carbocycles. The Bertz CT molecular complexity index is 596. The first kappa shape index (κ1) is 13.7. The van der Waals surface area contributed by atoms with Crippen LogP contribution in [0.3, 0.4) is 0 Å². The van der Waals surface area contributed by atoms with Gasteiger partial charge in [0.1, 0.15) is 5.69 Å². The summed E-state index contributed by atoms with van der Waals surface area (Å²) in [5.41, 5.74) is 6.78. The lowest BCUT2D eigenvalue weighted by Crippen LogP contribution is -2.42. The number of hydrogen-bond donors (Lipinski definition) is 2. The van der Waals surface area contributed by atoms with Gasteiger partial charge in [0.05, 0.1) is 12.6 Å². The van der Waals surface area contributed by atoms with Crippen molar-refractivity contribution in [3.63, 3.8) is 0 Å². The molecule has 20 heavy (non-hydrogen) atoms. The van der Waals surface area contributed by atoms with Gasteiger partial charge in [-0.25, -0.2) is 4.98 Å². The molecule has 0 saturated carbocycles. The number of benzene rings is 1. The number of nitrogens with one attached hydrogen (secondary N) is 2. The lowest BCUT2D eigenvalue weighted by Gasteiger charge is -2.06. The standard InChI is InChI=1S/C14H14N4O2/c1-10-2-4-11(5-3-10)8-13(19)17-18-14(20)12-9-15-6-7-16-12/h2-7,9H,8H2,1H3,(H,17,19)(H,18,20). The van der Waals surface area contributed by atoms with Gasteiger partial charge in [-0.2, -0.15) is 0 Å². The highest BCUT2D eigenvalue weighted by Gasteiger charge is 2.08. The molecule has 0 fully saturated rings. The van der Waals surface area contributed by atoms with Crippen LogP contribution in [0.25, 0.3) is 0 Å². The van der Waals surface area contributed by atoms with Crippen LogP contribution in [0.5, 0.6) is 0 Å². The zero-order valence-corrected chi connectivity index (χ0v) is 11.0. The van der Waals surface area contributed by atoms with Crippen molar-refractivity contribution >= 4 is 11.8 Å². The van der Waals surface area contributed by atoms with E-state index < -0.39 is 5.91 Å². The van der Waals surface area contributed by atoms with Crippen LogP contribution in [0, 0.1) is 6.92 Å². The Morgan fingerprint density at radius 1 is 1.10 bits per heavy atom. The quantitative estimate of drug-likeness (QED) is 0.808. The Morgan fingerprint density at radius 3 is 2.50 bits per heavy atom. The molecular weight excluding hydrogens is 256 g/mol. The van der Waals surface area contributed by atoms with Gasteiger partial charge in [0.15, 0.2) is 0 Å². The van der Waals surface area contributed by atoms with Crippen molar-refractivity contribution in [3.05, 3.63) is 59.7 Å². The van der Waals surface area contributed by atoms with Gasteiger partial charge in [-0.1, -0.05) is 29.8 Å². The van der Waals surface area contributed by atoms with E-state index in [1.807, 2.05) is 31.2 Å². The summed E-state index contributed by atoms with van der Waals surface area (Å²) in [6.45, 7) is 1.98. The van der Waals surface area contributed by atoms with E-state index in [0.717, 1.165) is 11.1 Å². The molecule has 1 heterocycles. The number of aryl methyl sites for hydroxylation is 1. The second-order valence-corrected chi connectivity index (χ2v) is 4.26. The minimum Gasteiger partial charge on any atom is -0.273 e. The molecule has 0 unspecified atom stereocenters. The Kier molecular flexibility index (Phi) is 4.39. The molecule has 0 aliphatic heterocycles. The molecule has 2 amide bonds. The summed E-state index contributed by atoms with van der Waals surface area (Å²) >= 11 is 0. The first-order valence-corrected chi connectivity index (χ1v) is 6.06. The van der Waals surface area contributed by atoms with Crippen molar-refractivity contribution in [3.8, 4) is 0 Å². The van der Waals surface area contributed by atoms with Crippen molar-refractivity contribution in [1.82, 2.24) is 20.8 Å². The highest BCUT2D eigenvalue weighted by Crippen LogP contribution is 2.03. The van der Waals surface area contributed by atoms with Crippen molar-refractivity contribution in [1.29, 1.82) is 0 Å². The second-order valence-electron chi connectivity index (χ2n) is 4.26. The first-order chi connectivity index (χ1) is 9.65. The molecule has 2 rings (SSSR count).